The van der Waals surface area contributed by atoms with Crippen molar-refractivity contribution >= 4 is 10.0 Å². The van der Waals surface area contributed by atoms with Gasteiger partial charge >= 0.3 is 0 Å². The number of nitrogens with one attached hydrogen (secondary N) is 3. The lowest BCUT2D eigenvalue weighted by Crippen LogP contribution is -2.26. The molecular weight excluding hydrogens is 280 g/mol. The maximum absolute atomic E-state index is 12.1. The predicted octanol–water partition coefficient (Wildman–Crippen LogP) is -0.616. The molecule has 0 saturated heterocycles. The standard InChI is InChI=1S/C11H18N6O2S/c1-12-6-9-5-10(7-17(9)2)20(18,19)15-4-3-11-13-8-14-16-11/h5,7-8,12,15H,3-4,6H2,1-2H3,(H,13,14,16). The molecule has 8 nitrogen and oxygen atoms in total. The first-order valence-electron chi connectivity index (χ1n) is 6.16. The van der Waals surface area contributed by atoms with E-state index >= 15 is 0 Å². The molecule has 0 fully saturated rings. The van der Waals surface area contributed by atoms with Crippen LogP contribution in [-0.2, 0) is 30.0 Å². The molecule has 0 atom stereocenters. The van der Waals surface area contributed by atoms with Gasteiger partial charge in [0.25, 0.3) is 0 Å². The lowest BCUT2D eigenvalue weighted by molar-refractivity contribution is 0.580. The summed E-state index contributed by atoms with van der Waals surface area (Å²) < 4.78 is 28.6. The van der Waals surface area contributed by atoms with E-state index in [1.165, 1.54) is 6.33 Å². The largest absolute Gasteiger partial charge is 0.352 e. The van der Waals surface area contributed by atoms with Crippen molar-refractivity contribution in [2.75, 3.05) is 13.6 Å². The zero-order valence-corrected chi connectivity index (χ0v) is 12.2. The summed E-state index contributed by atoms with van der Waals surface area (Å²) in [6.45, 7) is 0.887. The van der Waals surface area contributed by atoms with E-state index in [4.69, 9.17) is 0 Å². The van der Waals surface area contributed by atoms with Gasteiger partial charge in [-0.15, -0.1) is 0 Å². The number of sulfonamides is 1. The van der Waals surface area contributed by atoms with Crippen molar-refractivity contribution in [3.63, 3.8) is 0 Å². The van der Waals surface area contributed by atoms with Crippen LogP contribution in [0.1, 0.15) is 11.5 Å². The molecule has 0 spiro atoms. The van der Waals surface area contributed by atoms with Crippen molar-refractivity contribution in [2.24, 2.45) is 7.05 Å². The van der Waals surface area contributed by atoms with E-state index in [1.807, 2.05) is 14.1 Å². The fourth-order valence-electron chi connectivity index (χ4n) is 1.82. The Morgan fingerprint density at radius 3 is 2.90 bits per heavy atom. The molecule has 9 heteroatoms. The minimum Gasteiger partial charge on any atom is -0.352 e. The van der Waals surface area contributed by atoms with Crippen molar-refractivity contribution in [2.45, 2.75) is 17.9 Å². The molecule has 2 aromatic heterocycles. The molecule has 0 aliphatic carbocycles. The Bertz CT molecular complexity index is 647. The van der Waals surface area contributed by atoms with Gasteiger partial charge in [0, 0.05) is 38.4 Å². The Kier molecular flexibility index (Phi) is 4.53. The average Bonchev–Trinajstić information content (AvgIpc) is 3.01. The summed E-state index contributed by atoms with van der Waals surface area (Å²) in [6.07, 6.45) is 3.46. The van der Waals surface area contributed by atoms with Gasteiger partial charge in [-0.05, 0) is 13.1 Å². The van der Waals surface area contributed by atoms with E-state index in [0.29, 0.717) is 18.8 Å². The Hall–Kier alpha value is -1.71. The summed E-state index contributed by atoms with van der Waals surface area (Å²) in [7, 11) is 0.142. The van der Waals surface area contributed by atoms with Crippen molar-refractivity contribution in [3.05, 3.63) is 30.1 Å². The molecule has 110 valence electrons. The van der Waals surface area contributed by atoms with Crippen LogP contribution in [0, 0.1) is 0 Å². The lowest BCUT2D eigenvalue weighted by atomic mass is 10.4. The maximum Gasteiger partial charge on any atom is 0.242 e. The molecule has 0 aromatic carbocycles. The third-order valence-electron chi connectivity index (χ3n) is 2.87. The normalized spacial score (nSPS) is 11.9. The minimum atomic E-state index is -3.49. The quantitative estimate of drug-likeness (QED) is 0.632. The van der Waals surface area contributed by atoms with Gasteiger partial charge in [-0.3, -0.25) is 5.10 Å². The highest BCUT2D eigenvalue weighted by molar-refractivity contribution is 7.89. The van der Waals surface area contributed by atoms with Crippen LogP contribution >= 0.6 is 0 Å². The van der Waals surface area contributed by atoms with E-state index in [2.05, 4.69) is 25.2 Å². The van der Waals surface area contributed by atoms with Crippen molar-refractivity contribution in [1.82, 2.24) is 29.8 Å². The van der Waals surface area contributed by atoms with Crippen LogP contribution in [0.2, 0.25) is 0 Å². The number of H-pyrrole nitrogens is 1. The van der Waals surface area contributed by atoms with Crippen molar-refractivity contribution < 1.29 is 8.42 Å². The number of hydrogen-bond acceptors (Lipinski definition) is 5. The number of hydrogen-bond donors (Lipinski definition) is 3. The van der Waals surface area contributed by atoms with Crippen LogP contribution in [0.4, 0.5) is 0 Å². The molecule has 2 rings (SSSR count). The summed E-state index contributed by atoms with van der Waals surface area (Å²) in [5.41, 5.74) is 0.906. The van der Waals surface area contributed by atoms with E-state index in [-0.39, 0.29) is 11.4 Å². The van der Waals surface area contributed by atoms with Gasteiger partial charge in [0.05, 0.1) is 4.90 Å². The lowest BCUT2D eigenvalue weighted by Gasteiger charge is -2.03. The fourth-order valence-corrected chi connectivity index (χ4v) is 2.94. The van der Waals surface area contributed by atoms with Crippen LogP contribution < -0.4 is 10.0 Å². The van der Waals surface area contributed by atoms with Gasteiger partial charge in [0.1, 0.15) is 12.2 Å². The predicted molar refractivity (Wildman–Crippen MR) is 73.5 cm³/mol. The number of nitrogens with zero attached hydrogens (tertiary/aromatic N) is 3. The Morgan fingerprint density at radius 2 is 2.25 bits per heavy atom. The molecule has 0 bridgehead atoms. The Balaban J connectivity index is 2.00. The Morgan fingerprint density at radius 1 is 1.45 bits per heavy atom. The first-order valence-corrected chi connectivity index (χ1v) is 7.65. The van der Waals surface area contributed by atoms with E-state index < -0.39 is 10.0 Å². The van der Waals surface area contributed by atoms with Crippen molar-refractivity contribution in [3.8, 4) is 0 Å². The molecule has 2 aromatic rings. The monoisotopic (exact) mass is 298 g/mol. The SMILES string of the molecule is CNCc1cc(S(=O)(=O)NCCc2ncn[nH]2)cn1C. The maximum atomic E-state index is 12.1. The highest BCUT2D eigenvalue weighted by Crippen LogP contribution is 2.13. The van der Waals surface area contributed by atoms with Gasteiger partial charge in [-0.2, -0.15) is 5.10 Å². The molecule has 0 saturated carbocycles. The molecule has 2 heterocycles. The summed E-state index contributed by atoms with van der Waals surface area (Å²) in [5.74, 6) is 0.650. The summed E-state index contributed by atoms with van der Waals surface area (Å²) >= 11 is 0. The van der Waals surface area contributed by atoms with Crippen LogP contribution in [0.5, 0.6) is 0 Å². The second-order valence-electron chi connectivity index (χ2n) is 4.39. The van der Waals surface area contributed by atoms with Crippen LogP contribution in [0.3, 0.4) is 0 Å². The molecule has 3 N–H and O–H groups in total. The van der Waals surface area contributed by atoms with Crippen LogP contribution in [0.25, 0.3) is 0 Å². The van der Waals surface area contributed by atoms with Gasteiger partial charge in [0.15, 0.2) is 0 Å². The van der Waals surface area contributed by atoms with Gasteiger partial charge in [-0.1, -0.05) is 0 Å². The van der Waals surface area contributed by atoms with Crippen LogP contribution in [-0.4, -0.2) is 41.8 Å². The van der Waals surface area contributed by atoms with E-state index in [1.54, 1.807) is 16.8 Å². The molecule has 0 unspecified atom stereocenters. The van der Waals surface area contributed by atoms with Gasteiger partial charge in [0.2, 0.25) is 10.0 Å². The average molecular weight is 298 g/mol. The molecule has 20 heavy (non-hydrogen) atoms. The molecule has 0 aliphatic rings. The van der Waals surface area contributed by atoms with E-state index in [9.17, 15) is 8.42 Å². The summed E-state index contributed by atoms with van der Waals surface area (Å²) in [5, 5.41) is 9.39. The zero-order valence-electron chi connectivity index (χ0n) is 11.4. The second kappa shape index (κ2) is 6.16. The summed E-state index contributed by atoms with van der Waals surface area (Å²) in [6, 6.07) is 1.66. The fraction of sp³-hybridized carbons (Fsp3) is 0.455. The van der Waals surface area contributed by atoms with Crippen molar-refractivity contribution in [1.29, 1.82) is 0 Å². The highest BCUT2D eigenvalue weighted by Gasteiger charge is 2.17. The third-order valence-corrected chi connectivity index (χ3v) is 4.30. The number of rotatable bonds is 7. The number of aromatic amines is 1. The highest BCUT2D eigenvalue weighted by atomic mass is 32.2. The van der Waals surface area contributed by atoms with E-state index in [0.717, 1.165) is 5.69 Å². The number of aromatic nitrogens is 4. The topological polar surface area (TPSA) is 105 Å². The first-order chi connectivity index (χ1) is 9.53. The smallest absolute Gasteiger partial charge is 0.242 e. The third kappa shape index (κ3) is 3.44. The molecule has 0 aliphatic heterocycles. The first kappa shape index (κ1) is 14.7. The minimum absolute atomic E-state index is 0.266. The second-order valence-corrected chi connectivity index (χ2v) is 6.16. The Labute approximate surface area is 117 Å². The van der Waals surface area contributed by atoms with Crippen LogP contribution in [0.15, 0.2) is 23.5 Å². The van der Waals surface area contributed by atoms with Gasteiger partial charge < -0.3 is 9.88 Å². The zero-order chi connectivity index (χ0) is 14.6. The number of aryl methyl sites for hydroxylation is 1. The molecule has 0 amide bonds. The molecular formula is C11H18N6O2S. The molecule has 0 radical (unpaired) electrons. The van der Waals surface area contributed by atoms with Gasteiger partial charge in [-0.25, -0.2) is 18.1 Å². The summed E-state index contributed by atoms with van der Waals surface area (Å²) in [4.78, 5) is 4.20.